The van der Waals surface area contributed by atoms with Crippen LogP contribution in [0.15, 0.2) is 12.4 Å². The molecule has 2 heterocycles. The van der Waals surface area contributed by atoms with Gasteiger partial charge in [-0.15, -0.1) is 0 Å². The fourth-order valence-corrected chi connectivity index (χ4v) is 2.63. The van der Waals surface area contributed by atoms with Crippen molar-refractivity contribution in [2.75, 3.05) is 19.7 Å². The molecular weight excluding hydrogens is 250 g/mol. The fourth-order valence-electron chi connectivity index (χ4n) is 2.63. The Bertz CT molecular complexity index is 414. The molecule has 2 unspecified atom stereocenters. The highest BCUT2D eigenvalue weighted by Gasteiger charge is 2.30. The second-order valence-corrected chi connectivity index (χ2v) is 6.62. The summed E-state index contributed by atoms with van der Waals surface area (Å²) in [5.74, 6) is 0.567. The maximum Gasteiger partial charge on any atom is 0.0896 e. The van der Waals surface area contributed by atoms with Crippen LogP contribution in [0.4, 0.5) is 0 Å². The molecule has 1 aliphatic rings. The molecule has 0 amide bonds. The lowest BCUT2D eigenvalue weighted by Crippen LogP contribution is -2.33. The summed E-state index contributed by atoms with van der Waals surface area (Å²) in [6.45, 7) is 12.9. The van der Waals surface area contributed by atoms with E-state index in [4.69, 9.17) is 4.74 Å². The first kappa shape index (κ1) is 15.5. The van der Waals surface area contributed by atoms with E-state index in [2.05, 4.69) is 44.3 Å². The summed E-state index contributed by atoms with van der Waals surface area (Å²) >= 11 is 0. The van der Waals surface area contributed by atoms with Crippen LogP contribution in [-0.4, -0.2) is 29.5 Å². The number of nitrogens with zero attached hydrogens (tertiary/aromatic N) is 2. The van der Waals surface area contributed by atoms with Gasteiger partial charge in [-0.2, -0.15) is 5.10 Å². The molecule has 20 heavy (non-hydrogen) atoms. The van der Waals surface area contributed by atoms with E-state index in [1.165, 1.54) is 12.0 Å². The Labute approximate surface area is 122 Å². The highest BCUT2D eigenvalue weighted by Crippen LogP contribution is 2.34. The maximum atomic E-state index is 5.93. The summed E-state index contributed by atoms with van der Waals surface area (Å²) in [4.78, 5) is 0. The van der Waals surface area contributed by atoms with Crippen molar-refractivity contribution < 1.29 is 4.74 Å². The van der Waals surface area contributed by atoms with E-state index < -0.39 is 0 Å². The minimum absolute atomic E-state index is 0.215. The summed E-state index contributed by atoms with van der Waals surface area (Å²) in [5, 5.41) is 7.99. The van der Waals surface area contributed by atoms with E-state index in [-0.39, 0.29) is 6.10 Å². The van der Waals surface area contributed by atoms with Crippen molar-refractivity contribution in [3.8, 4) is 0 Å². The lowest BCUT2D eigenvalue weighted by Gasteiger charge is -2.25. The zero-order chi connectivity index (χ0) is 14.6. The van der Waals surface area contributed by atoms with E-state index in [1.54, 1.807) is 0 Å². The summed E-state index contributed by atoms with van der Waals surface area (Å²) in [6, 6.07) is 0. The fraction of sp³-hybridized carbons (Fsp3) is 0.812. The Balaban J connectivity index is 1.87. The summed E-state index contributed by atoms with van der Waals surface area (Å²) in [5.41, 5.74) is 1.60. The molecule has 2 rings (SSSR count). The van der Waals surface area contributed by atoms with Crippen molar-refractivity contribution >= 4 is 0 Å². The molecule has 0 spiro atoms. The lowest BCUT2D eigenvalue weighted by atomic mass is 9.90. The van der Waals surface area contributed by atoms with Gasteiger partial charge in [-0.05, 0) is 25.2 Å². The van der Waals surface area contributed by atoms with Crippen molar-refractivity contribution in [3.05, 3.63) is 18.0 Å². The van der Waals surface area contributed by atoms with Crippen LogP contribution in [0.1, 0.15) is 52.2 Å². The Morgan fingerprint density at radius 1 is 1.45 bits per heavy atom. The van der Waals surface area contributed by atoms with Gasteiger partial charge in [-0.25, -0.2) is 0 Å². The van der Waals surface area contributed by atoms with E-state index in [0.29, 0.717) is 11.3 Å². The van der Waals surface area contributed by atoms with Gasteiger partial charge >= 0.3 is 0 Å². The molecule has 114 valence electrons. The Morgan fingerprint density at radius 3 is 2.90 bits per heavy atom. The summed E-state index contributed by atoms with van der Waals surface area (Å²) in [6.07, 6.45) is 6.64. The monoisotopic (exact) mass is 279 g/mol. The zero-order valence-electron chi connectivity index (χ0n) is 13.4. The molecule has 2 atom stereocenters. The normalized spacial score (nSPS) is 23.4. The maximum absolute atomic E-state index is 5.93. The van der Waals surface area contributed by atoms with Gasteiger partial charge < -0.3 is 10.1 Å². The molecule has 0 saturated carbocycles. The molecule has 1 aromatic rings. The highest BCUT2D eigenvalue weighted by molar-refractivity contribution is 5.11. The van der Waals surface area contributed by atoms with E-state index in [1.807, 2.05) is 10.9 Å². The van der Waals surface area contributed by atoms with Crippen LogP contribution in [-0.2, 0) is 11.3 Å². The predicted molar refractivity (Wildman–Crippen MR) is 81.6 cm³/mol. The van der Waals surface area contributed by atoms with Crippen LogP contribution in [0.2, 0.25) is 0 Å². The van der Waals surface area contributed by atoms with Crippen LogP contribution in [0.3, 0.4) is 0 Å². The number of nitrogens with one attached hydrogen (secondary N) is 1. The van der Waals surface area contributed by atoms with Gasteiger partial charge in [0, 0.05) is 43.9 Å². The van der Waals surface area contributed by atoms with Crippen molar-refractivity contribution in [3.63, 3.8) is 0 Å². The molecule has 4 nitrogen and oxygen atoms in total. The molecule has 1 fully saturated rings. The van der Waals surface area contributed by atoms with Crippen LogP contribution in [0.5, 0.6) is 0 Å². The number of ether oxygens (including phenoxy) is 1. The van der Waals surface area contributed by atoms with Gasteiger partial charge in [-0.3, -0.25) is 4.68 Å². The molecule has 1 N–H and O–H groups in total. The van der Waals surface area contributed by atoms with Crippen molar-refractivity contribution in [2.45, 2.75) is 53.2 Å². The molecule has 0 aromatic carbocycles. The van der Waals surface area contributed by atoms with E-state index in [0.717, 1.165) is 32.7 Å². The Morgan fingerprint density at radius 2 is 2.25 bits per heavy atom. The molecule has 0 radical (unpaired) electrons. The minimum atomic E-state index is 0.215. The van der Waals surface area contributed by atoms with Gasteiger partial charge in [0.15, 0.2) is 0 Å². The standard InChI is InChI=1S/C16H29N3O/c1-5-16(3,4)12-17-9-13-7-8-20-15(13)14-10-18-19(6-2)11-14/h10-11,13,15,17H,5-9,12H2,1-4H3. The van der Waals surface area contributed by atoms with Gasteiger partial charge in [0.05, 0.1) is 12.3 Å². The molecule has 0 bridgehead atoms. The van der Waals surface area contributed by atoms with Crippen LogP contribution in [0, 0.1) is 11.3 Å². The number of aromatic nitrogens is 2. The third-order valence-electron chi connectivity index (χ3n) is 4.49. The van der Waals surface area contributed by atoms with Crippen LogP contribution < -0.4 is 5.32 Å². The van der Waals surface area contributed by atoms with Gasteiger partial charge in [0.25, 0.3) is 0 Å². The number of hydrogen-bond acceptors (Lipinski definition) is 3. The average molecular weight is 279 g/mol. The molecule has 1 aliphatic heterocycles. The molecular formula is C16H29N3O. The quantitative estimate of drug-likeness (QED) is 0.834. The van der Waals surface area contributed by atoms with Crippen LogP contribution in [0.25, 0.3) is 0 Å². The predicted octanol–water partition coefficient (Wildman–Crippen LogP) is 3.01. The largest absolute Gasteiger partial charge is 0.373 e. The third kappa shape index (κ3) is 3.83. The molecule has 1 aromatic heterocycles. The highest BCUT2D eigenvalue weighted by atomic mass is 16.5. The van der Waals surface area contributed by atoms with Crippen molar-refractivity contribution in [2.24, 2.45) is 11.3 Å². The lowest BCUT2D eigenvalue weighted by molar-refractivity contribution is 0.0897. The average Bonchev–Trinajstić information content (AvgIpc) is 3.06. The molecule has 4 heteroatoms. The smallest absolute Gasteiger partial charge is 0.0896 e. The van der Waals surface area contributed by atoms with Gasteiger partial charge in [-0.1, -0.05) is 20.8 Å². The minimum Gasteiger partial charge on any atom is -0.373 e. The number of rotatable bonds is 7. The second kappa shape index (κ2) is 6.72. The summed E-state index contributed by atoms with van der Waals surface area (Å²) in [7, 11) is 0. The Kier molecular flexibility index (Phi) is 5.22. The molecule has 1 saturated heterocycles. The number of aryl methyl sites for hydroxylation is 1. The first-order chi connectivity index (χ1) is 9.55. The molecule has 0 aliphatic carbocycles. The van der Waals surface area contributed by atoms with E-state index in [9.17, 15) is 0 Å². The van der Waals surface area contributed by atoms with Crippen LogP contribution >= 0.6 is 0 Å². The first-order valence-electron chi connectivity index (χ1n) is 7.90. The number of hydrogen-bond donors (Lipinski definition) is 1. The van der Waals surface area contributed by atoms with Gasteiger partial charge in [0.1, 0.15) is 0 Å². The van der Waals surface area contributed by atoms with E-state index >= 15 is 0 Å². The second-order valence-electron chi connectivity index (χ2n) is 6.62. The van der Waals surface area contributed by atoms with Gasteiger partial charge in [0.2, 0.25) is 0 Å². The zero-order valence-corrected chi connectivity index (χ0v) is 13.4. The summed E-state index contributed by atoms with van der Waals surface area (Å²) < 4.78 is 7.90. The first-order valence-corrected chi connectivity index (χ1v) is 7.90. The van der Waals surface area contributed by atoms with Crippen molar-refractivity contribution in [1.29, 1.82) is 0 Å². The topological polar surface area (TPSA) is 39.1 Å². The SMILES string of the molecule is CCn1cc(C2OCCC2CNCC(C)(C)CC)cn1. The Hall–Kier alpha value is -0.870. The third-order valence-corrected chi connectivity index (χ3v) is 4.49. The van der Waals surface area contributed by atoms with Crippen molar-refractivity contribution in [1.82, 2.24) is 15.1 Å².